The standard InChI is InChI=1S/C20H17BrN2OS/c1-13-6-8-14(9-7-13)19-22-17-10-11-23(12-18(17)25-19)20(24)15-4-2-3-5-16(15)21/h2-9H,10-12H2,1H3. The molecular weight excluding hydrogens is 396 g/mol. The topological polar surface area (TPSA) is 33.2 Å². The minimum atomic E-state index is 0.0726. The van der Waals surface area contributed by atoms with E-state index in [1.54, 1.807) is 11.3 Å². The fraction of sp³-hybridized carbons (Fsp3) is 0.200. The molecule has 1 amide bonds. The molecule has 0 unspecified atom stereocenters. The molecule has 0 saturated heterocycles. The maximum atomic E-state index is 12.8. The van der Waals surface area contributed by atoms with Crippen molar-refractivity contribution in [3.63, 3.8) is 0 Å². The first-order valence-electron chi connectivity index (χ1n) is 8.21. The average Bonchev–Trinajstić information content (AvgIpc) is 3.05. The second-order valence-electron chi connectivity index (χ2n) is 6.21. The van der Waals surface area contributed by atoms with Crippen molar-refractivity contribution in [1.29, 1.82) is 0 Å². The van der Waals surface area contributed by atoms with Crippen LogP contribution in [0.3, 0.4) is 0 Å². The van der Waals surface area contributed by atoms with E-state index in [2.05, 4.69) is 47.1 Å². The zero-order valence-corrected chi connectivity index (χ0v) is 16.2. The Kier molecular flexibility index (Phi) is 4.44. The molecule has 1 aliphatic rings. The van der Waals surface area contributed by atoms with Crippen molar-refractivity contribution >= 4 is 33.2 Å². The Morgan fingerprint density at radius 3 is 2.68 bits per heavy atom. The van der Waals surface area contributed by atoms with Crippen LogP contribution in [-0.4, -0.2) is 22.3 Å². The number of halogens is 1. The molecule has 3 nitrogen and oxygen atoms in total. The maximum absolute atomic E-state index is 12.8. The lowest BCUT2D eigenvalue weighted by molar-refractivity contribution is 0.0735. The Balaban J connectivity index is 1.58. The molecular formula is C20H17BrN2OS. The molecule has 0 spiro atoms. The van der Waals surface area contributed by atoms with E-state index in [1.165, 1.54) is 10.4 Å². The molecule has 126 valence electrons. The molecule has 0 aliphatic carbocycles. The lowest BCUT2D eigenvalue weighted by Crippen LogP contribution is -2.35. The minimum absolute atomic E-state index is 0.0726. The Morgan fingerprint density at radius 2 is 1.92 bits per heavy atom. The summed E-state index contributed by atoms with van der Waals surface area (Å²) in [4.78, 5) is 20.7. The molecule has 0 atom stereocenters. The largest absolute Gasteiger partial charge is 0.333 e. The maximum Gasteiger partial charge on any atom is 0.255 e. The number of aromatic nitrogens is 1. The second kappa shape index (κ2) is 6.73. The fourth-order valence-electron chi connectivity index (χ4n) is 2.99. The molecule has 25 heavy (non-hydrogen) atoms. The Morgan fingerprint density at radius 1 is 1.16 bits per heavy atom. The highest BCUT2D eigenvalue weighted by atomic mass is 79.9. The summed E-state index contributed by atoms with van der Waals surface area (Å²) in [5.74, 6) is 0.0726. The molecule has 4 rings (SSSR count). The Bertz CT molecular complexity index is 933. The normalized spacial score (nSPS) is 13.6. The van der Waals surface area contributed by atoms with Gasteiger partial charge in [0.05, 0.1) is 17.8 Å². The molecule has 0 radical (unpaired) electrons. The van der Waals surface area contributed by atoms with Crippen LogP contribution >= 0.6 is 27.3 Å². The van der Waals surface area contributed by atoms with Gasteiger partial charge in [-0.25, -0.2) is 4.98 Å². The summed E-state index contributed by atoms with van der Waals surface area (Å²) in [5, 5.41) is 1.04. The van der Waals surface area contributed by atoms with Crippen LogP contribution in [0, 0.1) is 6.92 Å². The van der Waals surface area contributed by atoms with Crippen molar-refractivity contribution < 1.29 is 4.79 Å². The molecule has 2 heterocycles. The third-order valence-corrected chi connectivity index (χ3v) is 6.24. The molecule has 2 aromatic carbocycles. The van der Waals surface area contributed by atoms with Crippen molar-refractivity contribution in [1.82, 2.24) is 9.88 Å². The monoisotopic (exact) mass is 412 g/mol. The highest BCUT2D eigenvalue weighted by Crippen LogP contribution is 2.32. The lowest BCUT2D eigenvalue weighted by atomic mass is 10.1. The third kappa shape index (κ3) is 3.26. The molecule has 3 aromatic rings. The minimum Gasteiger partial charge on any atom is -0.333 e. The van der Waals surface area contributed by atoms with Crippen LogP contribution in [0.25, 0.3) is 10.6 Å². The SMILES string of the molecule is Cc1ccc(-c2nc3c(s2)CN(C(=O)c2ccccc2Br)CC3)cc1. The van der Waals surface area contributed by atoms with Gasteiger partial charge in [0.2, 0.25) is 0 Å². The second-order valence-corrected chi connectivity index (χ2v) is 8.15. The number of rotatable bonds is 2. The molecule has 0 fully saturated rings. The van der Waals surface area contributed by atoms with Crippen LogP contribution in [0.5, 0.6) is 0 Å². The average molecular weight is 413 g/mol. The summed E-state index contributed by atoms with van der Waals surface area (Å²) in [7, 11) is 0. The Labute approximate surface area is 159 Å². The van der Waals surface area contributed by atoms with E-state index in [4.69, 9.17) is 4.98 Å². The molecule has 1 aliphatic heterocycles. The first-order valence-corrected chi connectivity index (χ1v) is 9.82. The Hall–Kier alpha value is -1.98. The van der Waals surface area contributed by atoms with Gasteiger partial charge in [0, 0.05) is 27.9 Å². The number of hydrogen-bond acceptors (Lipinski definition) is 3. The number of carbonyl (C=O) groups is 1. The first-order chi connectivity index (χ1) is 12.1. The van der Waals surface area contributed by atoms with E-state index in [-0.39, 0.29) is 5.91 Å². The number of benzene rings is 2. The van der Waals surface area contributed by atoms with Crippen molar-refractivity contribution in [3.05, 3.63) is 74.7 Å². The lowest BCUT2D eigenvalue weighted by Gasteiger charge is -2.26. The van der Waals surface area contributed by atoms with Crippen molar-refractivity contribution in [2.75, 3.05) is 6.54 Å². The van der Waals surface area contributed by atoms with Gasteiger partial charge in [-0.05, 0) is 35.0 Å². The van der Waals surface area contributed by atoms with Crippen LogP contribution in [0.1, 0.15) is 26.5 Å². The fourth-order valence-corrected chi connectivity index (χ4v) is 4.58. The van der Waals surface area contributed by atoms with Crippen molar-refractivity contribution in [2.45, 2.75) is 19.9 Å². The zero-order valence-electron chi connectivity index (χ0n) is 13.8. The quantitative estimate of drug-likeness (QED) is 0.587. The zero-order chi connectivity index (χ0) is 17.4. The number of thiazole rings is 1. The van der Waals surface area contributed by atoms with Gasteiger partial charge in [-0.15, -0.1) is 11.3 Å². The molecule has 0 bridgehead atoms. The van der Waals surface area contributed by atoms with Crippen molar-refractivity contribution in [3.8, 4) is 10.6 Å². The predicted octanol–water partition coefficient (Wildman–Crippen LogP) is 5.08. The van der Waals surface area contributed by atoms with Gasteiger partial charge < -0.3 is 4.90 Å². The summed E-state index contributed by atoms with van der Waals surface area (Å²) in [6.07, 6.45) is 0.813. The molecule has 5 heteroatoms. The summed E-state index contributed by atoms with van der Waals surface area (Å²) in [6, 6.07) is 16.0. The van der Waals surface area contributed by atoms with E-state index >= 15 is 0 Å². The number of carbonyl (C=O) groups excluding carboxylic acids is 1. The van der Waals surface area contributed by atoms with Crippen LogP contribution in [0.15, 0.2) is 53.0 Å². The number of fused-ring (bicyclic) bond motifs is 1. The number of amides is 1. The number of nitrogens with zero attached hydrogens (tertiary/aromatic N) is 2. The molecule has 1 aromatic heterocycles. The van der Waals surface area contributed by atoms with E-state index in [0.717, 1.165) is 27.2 Å². The van der Waals surface area contributed by atoms with E-state index in [1.807, 2.05) is 29.2 Å². The highest BCUT2D eigenvalue weighted by Gasteiger charge is 2.26. The first kappa shape index (κ1) is 16.5. The van der Waals surface area contributed by atoms with Gasteiger partial charge >= 0.3 is 0 Å². The predicted molar refractivity (Wildman–Crippen MR) is 105 cm³/mol. The number of aryl methyl sites for hydroxylation is 1. The summed E-state index contributed by atoms with van der Waals surface area (Å²) in [6.45, 7) is 3.44. The van der Waals surface area contributed by atoms with Gasteiger partial charge in [-0.3, -0.25) is 4.79 Å². The summed E-state index contributed by atoms with van der Waals surface area (Å²) < 4.78 is 0.843. The highest BCUT2D eigenvalue weighted by molar-refractivity contribution is 9.10. The molecule has 0 N–H and O–H groups in total. The van der Waals surface area contributed by atoms with Gasteiger partial charge in [-0.2, -0.15) is 0 Å². The van der Waals surface area contributed by atoms with Gasteiger partial charge in [0.15, 0.2) is 0 Å². The van der Waals surface area contributed by atoms with Crippen LogP contribution < -0.4 is 0 Å². The van der Waals surface area contributed by atoms with E-state index in [0.29, 0.717) is 18.7 Å². The van der Waals surface area contributed by atoms with E-state index in [9.17, 15) is 4.79 Å². The third-order valence-electron chi connectivity index (χ3n) is 4.42. The van der Waals surface area contributed by atoms with Crippen molar-refractivity contribution in [2.24, 2.45) is 0 Å². The van der Waals surface area contributed by atoms with Crippen LogP contribution in [0.4, 0.5) is 0 Å². The molecule has 0 saturated carbocycles. The van der Waals surface area contributed by atoms with Gasteiger partial charge in [0.1, 0.15) is 5.01 Å². The summed E-state index contributed by atoms with van der Waals surface area (Å²) in [5.41, 5.74) is 4.25. The van der Waals surface area contributed by atoms with Gasteiger partial charge in [0.25, 0.3) is 5.91 Å². The van der Waals surface area contributed by atoms with Crippen LogP contribution in [-0.2, 0) is 13.0 Å². The van der Waals surface area contributed by atoms with E-state index < -0.39 is 0 Å². The van der Waals surface area contributed by atoms with Crippen LogP contribution in [0.2, 0.25) is 0 Å². The summed E-state index contributed by atoms with van der Waals surface area (Å²) >= 11 is 5.18. The smallest absolute Gasteiger partial charge is 0.255 e. The van der Waals surface area contributed by atoms with Gasteiger partial charge in [-0.1, -0.05) is 42.0 Å². The number of hydrogen-bond donors (Lipinski definition) is 0.